The van der Waals surface area contributed by atoms with Gasteiger partial charge in [-0.05, 0) is 24.3 Å². The van der Waals surface area contributed by atoms with Gasteiger partial charge in [0.1, 0.15) is 10.8 Å². The van der Waals surface area contributed by atoms with Crippen LogP contribution in [-0.4, -0.2) is 4.98 Å². The molecule has 0 bridgehead atoms. The van der Waals surface area contributed by atoms with E-state index in [0.29, 0.717) is 10.1 Å². The number of hydrogen-bond donors (Lipinski definition) is 2. The molecule has 0 atom stereocenters. The van der Waals surface area contributed by atoms with E-state index in [2.05, 4.69) is 10.3 Å². The summed E-state index contributed by atoms with van der Waals surface area (Å²) in [5, 5.41) is 4.36. The van der Waals surface area contributed by atoms with Gasteiger partial charge in [0, 0.05) is 5.69 Å². The number of hydrogen-bond acceptors (Lipinski definition) is 4. The first-order valence-electron chi connectivity index (χ1n) is 3.98. The molecule has 2 rings (SSSR count). The van der Waals surface area contributed by atoms with Gasteiger partial charge in [-0.2, -0.15) is 0 Å². The number of nitrogens with two attached hydrogens (primary N) is 1. The number of thiazole rings is 1. The lowest BCUT2D eigenvalue weighted by Crippen LogP contribution is -1.88. The smallest absolute Gasteiger partial charge is 0.189 e. The Bertz CT molecular complexity index is 424. The van der Waals surface area contributed by atoms with E-state index in [1.165, 1.54) is 23.5 Å². The van der Waals surface area contributed by atoms with Gasteiger partial charge in [0.15, 0.2) is 5.13 Å². The molecule has 0 fully saturated rings. The van der Waals surface area contributed by atoms with Crippen molar-refractivity contribution >= 4 is 27.2 Å². The molecule has 1 aromatic carbocycles. The Morgan fingerprint density at radius 2 is 2.00 bits per heavy atom. The third-order valence-electron chi connectivity index (χ3n) is 1.62. The van der Waals surface area contributed by atoms with Gasteiger partial charge >= 0.3 is 0 Å². The number of nitrogens with zero attached hydrogens (tertiary/aromatic N) is 1. The van der Waals surface area contributed by atoms with Crippen molar-refractivity contribution in [1.29, 1.82) is 0 Å². The van der Waals surface area contributed by atoms with Crippen LogP contribution in [0.4, 0.5) is 20.2 Å². The molecule has 0 aliphatic carbocycles. The van der Waals surface area contributed by atoms with E-state index in [4.69, 9.17) is 5.73 Å². The molecule has 1 aromatic heterocycles. The van der Waals surface area contributed by atoms with Gasteiger partial charge in [0.25, 0.3) is 0 Å². The zero-order valence-corrected chi connectivity index (χ0v) is 8.01. The van der Waals surface area contributed by atoms with Crippen LogP contribution in [0.15, 0.2) is 30.5 Å². The molecule has 72 valence electrons. The van der Waals surface area contributed by atoms with Gasteiger partial charge in [-0.25, -0.2) is 9.37 Å². The molecular formula is C9H8FN3S. The highest BCUT2D eigenvalue weighted by Gasteiger charge is 1.99. The Morgan fingerprint density at radius 1 is 1.29 bits per heavy atom. The topological polar surface area (TPSA) is 50.9 Å². The van der Waals surface area contributed by atoms with Gasteiger partial charge in [-0.3, -0.25) is 0 Å². The lowest BCUT2D eigenvalue weighted by atomic mass is 10.3. The van der Waals surface area contributed by atoms with Crippen molar-refractivity contribution in [3.8, 4) is 0 Å². The number of nitrogens with one attached hydrogen (secondary N) is 1. The quantitative estimate of drug-likeness (QED) is 0.799. The first kappa shape index (κ1) is 8.96. The Kier molecular flexibility index (Phi) is 2.32. The monoisotopic (exact) mass is 209 g/mol. The van der Waals surface area contributed by atoms with Gasteiger partial charge in [-0.1, -0.05) is 11.3 Å². The summed E-state index contributed by atoms with van der Waals surface area (Å²) < 4.78 is 12.6. The minimum Gasteiger partial charge on any atom is -0.389 e. The first-order chi connectivity index (χ1) is 6.74. The molecule has 3 N–H and O–H groups in total. The molecule has 5 heteroatoms. The van der Waals surface area contributed by atoms with Crippen molar-refractivity contribution in [2.75, 3.05) is 11.1 Å². The van der Waals surface area contributed by atoms with Gasteiger partial charge in [0.2, 0.25) is 0 Å². The standard InChI is InChI=1S/C9H8FN3S/c10-6-1-3-7(4-2-6)13-9-12-5-8(11)14-9/h1-5H,11H2,(H,12,13). The van der Waals surface area contributed by atoms with Crippen molar-refractivity contribution < 1.29 is 4.39 Å². The second-order valence-electron chi connectivity index (χ2n) is 2.70. The predicted octanol–water partition coefficient (Wildman–Crippen LogP) is 2.61. The average Bonchev–Trinajstić information content (AvgIpc) is 2.56. The van der Waals surface area contributed by atoms with Crippen molar-refractivity contribution in [2.45, 2.75) is 0 Å². The Labute approximate surface area is 84.4 Å². The number of nitrogen functional groups attached to an aromatic ring is 1. The van der Waals surface area contributed by atoms with Crippen LogP contribution in [-0.2, 0) is 0 Å². The summed E-state index contributed by atoms with van der Waals surface area (Å²) in [5.41, 5.74) is 6.30. The molecule has 14 heavy (non-hydrogen) atoms. The highest BCUT2D eigenvalue weighted by molar-refractivity contribution is 7.19. The fraction of sp³-hybridized carbons (Fsp3) is 0. The highest BCUT2D eigenvalue weighted by Crippen LogP contribution is 2.23. The Morgan fingerprint density at radius 3 is 2.57 bits per heavy atom. The van der Waals surface area contributed by atoms with Crippen molar-refractivity contribution in [2.24, 2.45) is 0 Å². The van der Waals surface area contributed by atoms with Crippen LogP contribution in [0.3, 0.4) is 0 Å². The van der Waals surface area contributed by atoms with Gasteiger partial charge in [-0.15, -0.1) is 0 Å². The summed E-state index contributed by atoms with van der Waals surface area (Å²) >= 11 is 1.35. The summed E-state index contributed by atoms with van der Waals surface area (Å²) in [6.07, 6.45) is 1.58. The molecule has 0 saturated heterocycles. The van der Waals surface area contributed by atoms with Gasteiger partial charge < -0.3 is 11.1 Å². The first-order valence-corrected chi connectivity index (χ1v) is 4.79. The predicted molar refractivity (Wildman–Crippen MR) is 56.2 cm³/mol. The van der Waals surface area contributed by atoms with E-state index in [9.17, 15) is 4.39 Å². The zero-order valence-electron chi connectivity index (χ0n) is 7.20. The molecule has 0 unspecified atom stereocenters. The molecular weight excluding hydrogens is 201 g/mol. The Hall–Kier alpha value is -1.62. The van der Waals surface area contributed by atoms with E-state index in [1.54, 1.807) is 18.3 Å². The van der Waals surface area contributed by atoms with Crippen LogP contribution in [0.5, 0.6) is 0 Å². The van der Waals surface area contributed by atoms with E-state index < -0.39 is 0 Å². The number of anilines is 3. The maximum Gasteiger partial charge on any atom is 0.189 e. The number of benzene rings is 1. The van der Waals surface area contributed by atoms with Crippen molar-refractivity contribution in [3.05, 3.63) is 36.3 Å². The molecule has 2 aromatic rings. The number of aromatic nitrogens is 1. The lowest BCUT2D eigenvalue weighted by Gasteiger charge is -2.00. The second-order valence-corrected chi connectivity index (χ2v) is 3.76. The van der Waals surface area contributed by atoms with Crippen LogP contribution >= 0.6 is 11.3 Å². The third-order valence-corrected chi connectivity index (χ3v) is 2.36. The third kappa shape index (κ3) is 2.00. The average molecular weight is 209 g/mol. The van der Waals surface area contributed by atoms with Crippen molar-refractivity contribution in [3.63, 3.8) is 0 Å². The largest absolute Gasteiger partial charge is 0.389 e. The molecule has 0 spiro atoms. The van der Waals surface area contributed by atoms with E-state index >= 15 is 0 Å². The molecule has 0 saturated carbocycles. The minimum atomic E-state index is -0.255. The summed E-state index contributed by atoms with van der Waals surface area (Å²) in [4.78, 5) is 4.02. The van der Waals surface area contributed by atoms with E-state index in [0.717, 1.165) is 5.69 Å². The van der Waals surface area contributed by atoms with Gasteiger partial charge in [0.05, 0.1) is 6.20 Å². The maximum atomic E-state index is 12.6. The highest BCUT2D eigenvalue weighted by atomic mass is 32.1. The van der Waals surface area contributed by atoms with Crippen LogP contribution in [0.1, 0.15) is 0 Å². The minimum absolute atomic E-state index is 0.255. The maximum absolute atomic E-state index is 12.6. The summed E-state index contributed by atoms with van der Waals surface area (Å²) in [7, 11) is 0. The second kappa shape index (κ2) is 3.63. The molecule has 1 heterocycles. The molecule has 0 amide bonds. The fourth-order valence-electron chi connectivity index (χ4n) is 1.00. The van der Waals surface area contributed by atoms with Crippen LogP contribution < -0.4 is 11.1 Å². The zero-order chi connectivity index (χ0) is 9.97. The normalized spacial score (nSPS) is 10.1. The molecule has 0 aliphatic rings. The van der Waals surface area contributed by atoms with Crippen LogP contribution in [0, 0.1) is 5.82 Å². The van der Waals surface area contributed by atoms with Crippen molar-refractivity contribution in [1.82, 2.24) is 4.98 Å². The fourth-order valence-corrected chi connectivity index (χ4v) is 1.60. The van der Waals surface area contributed by atoms with E-state index in [-0.39, 0.29) is 5.82 Å². The Balaban J connectivity index is 2.15. The van der Waals surface area contributed by atoms with Crippen LogP contribution in [0.2, 0.25) is 0 Å². The number of rotatable bonds is 2. The molecule has 3 nitrogen and oxygen atoms in total. The molecule has 0 aliphatic heterocycles. The summed E-state index contributed by atoms with van der Waals surface area (Å²) in [5.74, 6) is -0.255. The summed E-state index contributed by atoms with van der Waals surface area (Å²) in [6.45, 7) is 0. The SMILES string of the molecule is Nc1cnc(Nc2ccc(F)cc2)s1. The van der Waals surface area contributed by atoms with Crippen LogP contribution in [0.25, 0.3) is 0 Å². The lowest BCUT2D eigenvalue weighted by molar-refractivity contribution is 0.628. The molecule has 0 radical (unpaired) electrons. The number of halogens is 1. The van der Waals surface area contributed by atoms with E-state index in [1.807, 2.05) is 0 Å². The summed E-state index contributed by atoms with van der Waals surface area (Å²) in [6, 6.07) is 6.07.